The summed E-state index contributed by atoms with van der Waals surface area (Å²) in [6, 6.07) is 4.63. The third kappa shape index (κ3) is 5.74. The highest BCUT2D eigenvalue weighted by Gasteiger charge is 2.29. The van der Waals surface area contributed by atoms with E-state index in [4.69, 9.17) is 0 Å². The second-order valence-electron chi connectivity index (χ2n) is 5.91. The zero-order valence-electron chi connectivity index (χ0n) is 12.7. The van der Waals surface area contributed by atoms with E-state index < -0.39 is 11.7 Å². The number of urea groups is 1. The Morgan fingerprint density at radius 2 is 1.87 bits per heavy atom. The van der Waals surface area contributed by atoms with E-state index in [0.717, 1.165) is 30.5 Å². The summed E-state index contributed by atoms with van der Waals surface area (Å²) in [7, 11) is 0. The van der Waals surface area contributed by atoms with Crippen LogP contribution in [0.5, 0.6) is 0 Å². The molecule has 1 fully saturated rings. The van der Waals surface area contributed by atoms with Crippen LogP contribution in [0.3, 0.4) is 0 Å². The van der Waals surface area contributed by atoms with Gasteiger partial charge >= 0.3 is 12.2 Å². The van der Waals surface area contributed by atoms with E-state index in [1.165, 1.54) is 12.1 Å². The maximum Gasteiger partial charge on any atom is 0.416 e. The Balaban J connectivity index is 1.65. The minimum atomic E-state index is -4.33. The van der Waals surface area contributed by atoms with Crippen molar-refractivity contribution in [1.29, 1.82) is 0 Å². The fourth-order valence-electron chi connectivity index (χ4n) is 2.71. The van der Waals surface area contributed by atoms with Crippen LogP contribution in [0.2, 0.25) is 0 Å². The van der Waals surface area contributed by atoms with Crippen LogP contribution in [0.25, 0.3) is 0 Å². The Morgan fingerprint density at radius 3 is 2.43 bits per heavy atom. The van der Waals surface area contributed by atoms with Crippen molar-refractivity contribution in [2.45, 2.75) is 38.0 Å². The Hall–Kier alpha value is -1.76. The normalized spacial score (nSPS) is 21.2. The lowest BCUT2D eigenvalue weighted by atomic mass is 10.1. The molecule has 0 spiro atoms. The van der Waals surface area contributed by atoms with E-state index in [2.05, 4.69) is 10.6 Å². The number of hydrogen-bond acceptors (Lipinski definition) is 2. The highest BCUT2D eigenvalue weighted by Crippen LogP contribution is 2.29. The lowest BCUT2D eigenvalue weighted by Crippen LogP contribution is -2.38. The molecule has 2 rings (SSSR count). The predicted molar refractivity (Wildman–Crippen MR) is 79.9 cm³/mol. The fraction of sp³-hybridized carbons (Fsp3) is 0.562. The summed E-state index contributed by atoms with van der Waals surface area (Å²) in [6.07, 6.45) is -1.72. The number of aliphatic hydroxyl groups is 1. The first-order valence-corrected chi connectivity index (χ1v) is 7.70. The topological polar surface area (TPSA) is 61.4 Å². The van der Waals surface area contributed by atoms with Gasteiger partial charge in [-0.25, -0.2) is 4.79 Å². The molecule has 2 atom stereocenters. The molecule has 128 valence electrons. The molecule has 0 bridgehead atoms. The van der Waals surface area contributed by atoms with Crippen LogP contribution in [0.15, 0.2) is 24.3 Å². The summed E-state index contributed by atoms with van der Waals surface area (Å²) >= 11 is 0. The smallest absolute Gasteiger partial charge is 0.393 e. The van der Waals surface area contributed by atoms with Gasteiger partial charge in [0.15, 0.2) is 0 Å². The lowest BCUT2D eigenvalue weighted by molar-refractivity contribution is -0.137. The molecule has 0 aliphatic heterocycles. The van der Waals surface area contributed by atoms with Crippen LogP contribution in [0, 0.1) is 5.92 Å². The molecule has 1 aliphatic carbocycles. The van der Waals surface area contributed by atoms with Crippen molar-refractivity contribution in [2.24, 2.45) is 5.92 Å². The van der Waals surface area contributed by atoms with Crippen LogP contribution in [-0.2, 0) is 12.6 Å². The summed E-state index contributed by atoms with van der Waals surface area (Å²) < 4.78 is 37.3. The number of carbonyl (C=O) groups is 1. The van der Waals surface area contributed by atoms with Crippen LogP contribution in [0.1, 0.15) is 30.4 Å². The van der Waals surface area contributed by atoms with E-state index in [1.807, 2.05) is 0 Å². The second-order valence-corrected chi connectivity index (χ2v) is 5.91. The van der Waals surface area contributed by atoms with E-state index in [-0.39, 0.29) is 12.1 Å². The van der Waals surface area contributed by atoms with Crippen molar-refractivity contribution in [1.82, 2.24) is 10.6 Å². The first-order valence-electron chi connectivity index (χ1n) is 7.70. The number of hydrogen-bond donors (Lipinski definition) is 3. The van der Waals surface area contributed by atoms with Crippen LogP contribution in [0.4, 0.5) is 18.0 Å². The van der Waals surface area contributed by atoms with Gasteiger partial charge in [-0.3, -0.25) is 0 Å². The molecule has 0 aromatic heterocycles. The minimum Gasteiger partial charge on any atom is -0.393 e. The van der Waals surface area contributed by atoms with Crippen molar-refractivity contribution in [3.8, 4) is 0 Å². The van der Waals surface area contributed by atoms with Crippen molar-refractivity contribution >= 4 is 6.03 Å². The maximum absolute atomic E-state index is 12.4. The summed E-state index contributed by atoms with van der Waals surface area (Å²) in [4.78, 5) is 11.6. The van der Waals surface area contributed by atoms with Gasteiger partial charge in [-0.05, 0) is 49.3 Å². The van der Waals surface area contributed by atoms with Gasteiger partial charge in [-0.2, -0.15) is 13.2 Å². The Labute approximate surface area is 133 Å². The fourth-order valence-corrected chi connectivity index (χ4v) is 2.71. The van der Waals surface area contributed by atoms with Crippen LogP contribution < -0.4 is 10.6 Å². The molecule has 0 heterocycles. The number of benzene rings is 1. The van der Waals surface area contributed by atoms with E-state index >= 15 is 0 Å². The quantitative estimate of drug-likeness (QED) is 0.777. The summed E-state index contributed by atoms with van der Waals surface area (Å²) in [6.45, 7) is 0.883. The average Bonchev–Trinajstić information content (AvgIpc) is 2.90. The van der Waals surface area contributed by atoms with Crippen molar-refractivity contribution in [3.05, 3.63) is 35.4 Å². The van der Waals surface area contributed by atoms with Gasteiger partial charge in [0.2, 0.25) is 0 Å². The Kier molecular flexibility index (Phi) is 5.87. The van der Waals surface area contributed by atoms with Crippen molar-refractivity contribution in [3.63, 3.8) is 0 Å². The average molecular weight is 330 g/mol. The standard InChI is InChI=1S/C16H21F3N2O2/c17-16(18,19)13-4-1-11(2-5-13)7-8-20-15(23)21-10-12-3-6-14(22)9-12/h1-2,4-5,12,14,22H,3,6-10H2,(H2,20,21,23)/t12-,14+/m0/s1. The maximum atomic E-state index is 12.4. The number of alkyl halides is 3. The van der Waals surface area contributed by atoms with Gasteiger partial charge < -0.3 is 15.7 Å². The Bertz CT molecular complexity index is 517. The van der Waals surface area contributed by atoms with E-state index in [0.29, 0.717) is 31.8 Å². The third-order valence-electron chi connectivity index (χ3n) is 4.05. The summed E-state index contributed by atoms with van der Waals surface area (Å²) in [5.41, 5.74) is 0.0583. The van der Waals surface area contributed by atoms with Crippen LogP contribution in [-0.4, -0.2) is 30.3 Å². The van der Waals surface area contributed by atoms with Crippen molar-refractivity contribution in [2.75, 3.05) is 13.1 Å². The highest BCUT2D eigenvalue weighted by molar-refractivity contribution is 5.73. The lowest BCUT2D eigenvalue weighted by Gasteiger charge is -2.12. The molecule has 1 aliphatic rings. The molecular weight excluding hydrogens is 309 g/mol. The molecule has 7 heteroatoms. The number of rotatable bonds is 5. The molecule has 4 nitrogen and oxygen atoms in total. The molecule has 3 N–H and O–H groups in total. The summed E-state index contributed by atoms with van der Waals surface area (Å²) in [5.74, 6) is 0.311. The van der Waals surface area contributed by atoms with Gasteiger partial charge in [-0.1, -0.05) is 12.1 Å². The van der Waals surface area contributed by atoms with Gasteiger partial charge in [0.25, 0.3) is 0 Å². The molecule has 1 aromatic carbocycles. The zero-order valence-corrected chi connectivity index (χ0v) is 12.7. The molecule has 0 unspecified atom stereocenters. The van der Waals surface area contributed by atoms with Gasteiger partial charge in [0, 0.05) is 13.1 Å². The molecule has 2 amide bonds. The molecular formula is C16H21F3N2O2. The Morgan fingerprint density at radius 1 is 1.17 bits per heavy atom. The molecule has 1 aromatic rings. The third-order valence-corrected chi connectivity index (χ3v) is 4.05. The van der Waals surface area contributed by atoms with E-state index in [1.54, 1.807) is 0 Å². The monoisotopic (exact) mass is 330 g/mol. The van der Waals surface area contributed by atoms with Gasteiger partial charge in [0.05, 0.1) is 11.7 Å². The van der Waals surface area contributed by atoms with Gasteiger partial charge in [0.1, 0.15) is 0 Å². The number of amides is 2. The second kappa shape index (κ2) is 7.68. The molecule has 1 saturated carbocycles. The minimum absolute atomic E-state index is 0.260. The largest absolute Gasteiger partial charge is 0.416 e. The predicted octanol–water partition coefficient (Wildman–Crippen LogP) is 2.71. The van der Waals surface area contributed by atoms with Gasteiger partial charge in [-0.15, -0.1) is 0 Å². The van der Waals surface area contributed by atoms with E-state index in [9.17, 15) is 23.1 Å². The highest BCUT2D eigenvalue weighted by atomic mass is 19.4. The first-order chi connectivity index (χ1) is 10.8. The number of carbonyl (C=O) groups excluding carboxylic acids is 1. The number of aliphatic hydroxyl groups excluding tert-OH is 1. The SMILES string of the molecule is O=C(NCCc1ccc(C(F)(F)F)cc1)NC[C@H]1CC[C@@H](O)C1. The molecule has 0 radical (unpaired) electrons. The molecule has 0 saturated heterocycles. The van der Waals surface area contributed by atoms with Crippen LogP contribution >= 0.6 is 0 Å². The number of halogens is 3. The van der Waals surface area contributed by atoms with Crippen molar-refractivity contribution < 1.29 is 23.1 Å². The first kappa shape index (κ1) is 17.6. The number of nitrogens with one attached hydrogen (secondary N) is 2. The molecule has 23 heavy (non-hydrogen) atoms. The summed E-state index contributed by atoms with van der Waals surface area (Å²) in [5, 5.41) is 14.8. The zero-order chi connectivity index (χ0) is 16.9.